The van der Waals surface area contributed by atoms with Gasteiger partial charge in [0.25, 0.3) is 0 Å². The fourth-order valence-corrected chi connectivity index (χ4v) is 3.21. The number of ether oxygens (including phenoxy) is 1. The molecule has 1 aromatic carbocycles. The Hall–Kier alpha value is -3.06. The van der Waals surface area contributed by atoms with Crippen LogP contribution in [0.1, 0.15) is 30.7 Å². The number of carbonyl (C=O) groups excluding carboxylic acids is 1. The molecule has 0 atom stereocenters. The van der Waals surface area contributed by atoms with E-state index in [1.54, 1.807) is 17.0 Å². The van der Waals surface area contributed by atoms with Crippen LogP contribution in [0, 0.1) is 0 Å². The maximum Gasteiger partial charge on any atom is 0.225 e. The smallest absolute Gasteiger partial charge is 0.225 e. The van der Waals surface area contributed by atoms with E-state index in [1.165, 1.54) is 19.4 Å². The molecule has 0 spiro atoms. The van der Waals surface area contributed by atoms with Crippen LogP contribution in [0.5, 0.6) is 11.6 Å². The highest BCUT2D eigenvalue weighted by atomic mass is 35.5. The Bertz CT molecular complexity index is 997. The summed E-state index contributed by atoms with van der Waals surface area (Å²) in [6.45, 7) is 3.31. The van der Waals surface area contributed by atoms with Crippen molar-refractivity contribution in [3.05, 3.63) is 70.8 Å². The molecule has 0 saturated heterocycles. The van der Waals surface area contributed by atoms with Gasteiger partial charge in [0.15, 0.2) is 5.82 Å². The molecule has 0 aliphatic rings. The number of halogens is 2. The summed E-state index contributed by atoms with van der Waals surface area (Å²) in [5.41, 5.74) is 2.24. The van der Waals surface area contributed by atoms with Gasteiger partial charge >= 0.3 is 0 Å². The third-order valence-electron chi connectivity index (χ3n) is 4.54. The lowest BCUT2D eigenvalue weighted by molar-refractivity contribution is -0.116. The van der Waals surface area contributed by atoms with E-state index >= 15 is 0 Å². The number of anilines is 1. The van der Waals surface area contributed by atoms with Gasteiger partial charge in [0.1, 0.15) is 23.8 Å². The molecule has 3 rings (SSSR count). The van der Waals surface area contributed by atoms with Crippen molar-refractivity contribution in [2.45, 2.75) is 33.4 Å². The molecule has 0 aliphatic heterocycles. The summed E-state index contributed by atoms with van der Waals surface area (Å²) >= 11 is 6.38. The van der Waals surface area contributed by atoms with Gasteiger partial charge in [0.2, 0.25) is 11.8 Å². The van der Waals surface area contributed by atoms with Gasteiger partial charge in [-0.05, 0) is 36.6 Å². The molecular formula is C22H22ClFN4O2. The number of aromatic nitrogens is 3. The molecule has 0 radical (unpaired) electrons. The number of benzene rings is 1. The predicted octanol–water partition coefficient (Wildman–Crippen LogP) is 4.94. The number of nitrogens with zero attached hydrogens (tertiary/aromatic N) is 4. The van der Waals surface area contributed by atoms with Crippen LogP contribution in [-0.4, -0.2) is 27.4 Å². The van der Waals surface area contributed by atoms with Crippen LogP contribution in [0.4, 0.5) is 10.2 Å². The zero-order valence-corrected chi connectivity index (χ0v) is 17.6. The molecule has 2 heterocycles. The molecule has 0 aliphatic carbocycles. The number of alkyl halides is 1. The van der Waals surface area contributed by atoms with Crippen LogP contribution in [0.3, 0.4) is 0 Å². The van der Waals surface area contributed by atoms with Crippen molar-refractivity contribution in [1.82, 2.24) is 15.0 Å². The Morgan fingerprint density at radius 2 is 1.83 bits per heavy atom. The minimum atomic E-state index is -0.556. The number of rotatable bonds is 8. The van der Waals surface area contributed by atoms with E-state index in [4.69, 9.17) is 16.3 Å². The van der Waals surface area contributed by atoms with Crippen molar-refractivity contribution >= 4 is 23.3 Å². The third-order valence-corrected chi connectivity index (χ3v) is 4.92. The number of pyridine rings is 1. The Kier molecular flexibility index (Phi) is 7.30. The number of amides is 1. The van der Waals surface area contributed by atoms with Crippen LogP contribution in [0.25, 0.3) is 0 Å². The zero-order chi connectivity index (χ0) is 21.5. The second kappa shape index (κ2) is 10.1. The van der Waals surface area contributed by atoms with Crippen molar-refractivity contribution < 1.29 is 13.9 Å². The molecule has 1 amide bonds. The molecule has 0 fully saturated rings. The van der Waals surface area contributed by atoms with E-state index in [9.17, 15) is 9.18 Å². The quantitative estimate of drug-likeness (QED) is 0.508. The molecule has 3 aromatic rings. The first-order valence-electron chi connectivity index (χ1n) is 9.57. The van der Waals surface area contributed by atoms with Gasteiger partial charge in [-0.1, -0.05) is 30.7 Å². The first-order valence-corrected chi connectivity index (χ1v) is 9.94. The summed E-state index contributed by atoms with van der Waals surface area (Å²) in [5, 5.41) is 0.408. The second-order valence-electron chi connectivity index (χ2n) is 6.62. The lowest BCUT2D eigenvalue weighted by Gasteiger charge is -2.21. The normalized spacial score (nSPS) is 10.7. The van der Waals surface area contributed by atoms with Crippen molar-refractivity contribution in [3.63, 3.8) is 0 Å². The molecule has 0 bridgehead atoms. The molecule has 0 saturated carbocycles. The van der Waals surface area contributed by atoms with Crippen LogP contribution >= 0.6 is 11.6 Å². The number of aryl methyl sites for hydroxylation is 1. The van der Waals surface area contributed by atoms with E-state index in [1.807, 2.05) is 31.2 Å². The van der Waals surface area contributed by atoms with Gasteiger partial charge in [-0.15, -0.1) is 0 Å². The third kappa shape index (κ3) is 5.30. The van der Waals surface area contributed by atoms with Crippen LogP contribution in [0.2, 0.25) is 5.02 Å². The van der Waals surface area contributed by atoms with Crippen molar-refractivity contribution in [1.29, 1.82) is 0 Å². The van der Waals surface area contributed by atoms with Crippen molar-refractivity contribution in [3.8, 4) is 11.6 Å². The number of hydrogen-bond acceptors (Lipinski definition) is 5. The van der Waals surface area contributed by atoms with E-state index in [0.717, 1.165) is 5.56 Å². The van der Waals surface area contributed by atoms with Gasteiger partial charge in [-0.25, -0.2) is 19.3 Å². The van der Waals surface area contributed by atoms with Gasteiger partial charge < -0.3 is 4.74 Å². The highest BCUT2D eigenvalue weighted by Crippen LogP contribution is 2.26. The van der Waals surface area contributed by atoms with Crippen LogP contribution in [-0.2, 0) is 24.3 Å². The standard InChI is InChI=1S/C22H22ClFN4O2/c1-3-19-21(23)22(27-14-26-19)28(15(2)29)11-10-16-4-7-18(8-5-16)30-20-9-6-17(12-24)13-25-20/h4-9,13-14H,3,10-12H2,1-2H3. The van der Waals surface area contributed by atoms with E-state index in [2.05, 4.69) is 15.0 Å². The highest BCUT2D eigenvalue weighted by molar-refractivity contribution is 6.34. The SMILES string of the molecule is CCc1ncnc(N(CCc2ccc(Oc3ccc(CF)cn3)cc2)C(C)=O)c1Cl. The first-order chi connectivity index (χ1) is 14.5. The minimum absolute atomic E-state index is 0.139. The summed E-state index contributed by atoms with van der Waals surface area (Å²) in [7, 11) is 0. The van der Waals surface area contributed by atoms with Crippen molar-refractivity contribution in [2.24, 2.45) is 0 Å². The zero-order valence-electron chi connectivity index (χ0n) is 16.8. The second-order valence-corrected chi connectivity index (χ2v) is 6.99. The molecule has 0 N–H and O–H groups in total. The fraction of sp³-hybridized carbons (Fsp3) is 0.273. The topological polar surface area (TPSA) is 68.2 Å². The van der Waals surface area contributed by atoms with Crippen molar-refractivity contribution in [2.75, 3.05) is 11.4 Å². The molecular weight excluding hydrogens is 407 g/mol. The maximum absolute atomic E-state index is 12.6. The molecule has 30 heavy (non-hydrogen) atoms. The predicted molar refractivity (Wildman–Crippen MR) is 114 cm³/mol. The number of hydrogen-bond donors (Lipinski definition) is 0. The average Bonchev–Trinajstić information content (AvgIpc) is 2.76. The van der Waals surface area contributed by atoms with Gasteiger partial charge in [-0.2, -0.15) is 0 Å². The fourth-order valence-electron chi connectivity index (χ4n) is 2.88. The largest absolute Gasteiger partial charge is 0.439 e. The Morgan fingerprint density at radius 1 is 1.10 bits per heavy atom. The molecule has 8 heteroatoms. The summed E-state index contributed by atoms with van der Waals surface area (Å²) < 4.78 is 18.2. The summed E-state index contributed by atoms with van der Waals surface area (Å²) in [5.74, 6) is 1.31. The summed E-state index contributed by atoms with van der Waals surface area (Å²) in [6.07, 6.45) is 4.15. The van der Waals surface area contributed by atoms with Gasteiger partial charge in [0.05, 0.1) is 5.69 Å². The summed E-state index contributed by atoms with van der Waals surface area (Å²) in [4.78, 5) is 26.2. The molecule has 0 unspecified atom stereocenters. The lowest BCUT2D eigenvalue weighted by atomic mass is 10.1. The number of carbonyl (C=O) groups is 1. The minimum Gasteiger partial charge on any atom is -0.439 e. The van der Waals surface area contributed by atoms with Crippen LogP contribution in [0.15, 0.2) is 48.9 Å². The summed E-state index contributed by atoms with van der Waals surface area (Å²) in [6, 6.07) is 10.8. The highest BCUT2D eigenvalue weighted by Gasteiger charge is 2.18. The molecule has 2 aromatic heterocycles. The molecule has 6 nitrogen and oxygen atoms in total. The Morgan fingerprint density at radius 3 is 2.43 bits per heavy atom. The Balaban J connectivity index is 1.66. The maximum atomic E-state index is 12.6. The van der Waals surface area contributed by atoms with Gasteiger partial charge in [0, 0.05) is 31.3 Å². The van der Waals surface area contributed by atoms with E-state index < -0.39 is 6.67 Å². The Labute approximate surface area is 179 Å². The first kappa shape index (κ1) is 21.6. The van der Waals surface area contributed by atoms with Gasteiger partial charge in [-0.3, -0.25) is 9.69 Å². The monoisotopic (exact) mass is 428 g/mol. The van der Waals surface area contributed by atoms with Crippen LogP contribution < -0.4 is 9.64 Å². The van der Waals surface area contributed by atoms with E-state index in [-0.39, 0.29) is 5.91 Å². The molecule has 156 valence electrons. The lowest BCUT2D eigenvalue weighted by Crippen LogP contribution is -2.32. The average molecular weight is 429 g/mol. The van der Waals surface area contributed by atoms with E-state index in [0.29, 0.717) is 53.1 Å².